The standard InChI is InChI=1S/C23H29N3O4/c1-16-13-18(14-21(28)24-16)23(29)26-11-12-30-20(15-25-9-7-19(27)8-10-25)22(26)17-5-3-2-4-6-17/h2-6,13-14,19-20,22,27H,7-12,15H2,1H3,(H,24,28)/t20-,22-/m0/s1. The van der Waals surface area contributed by atoms with Gasteiger partial charge in [-0.25, -0.2) is 0 Å². The van der Waals surface area contributed by atoms with Crippen LogP contribution in [-0.4, -0.2) is 70.8 Å². The van der Waals surface area contributed by atoms with Gasteiger partial charge in [0.05, 0.1) is 24.9 Å². The lowest BCUT2D eigenvalue weighted by molar-refractivity contribution is -0.0770. The number of nitrogens with one attached hydrogen (secondary N) is 1. The van der Waals surface area contributed by atoms with Gasteiger partial charge in [-0.3, -0.25) is 9.59 Å². The summed E-state index contributed by atoms with van der Waals surface area (Å²) in [6, 6.07) is 12.8. The number of benzene rings is 1. The Labute approximate surface area is 176 Å². The van der Waals surface area contributed by atoms with E-state index in [4.69, 9.17) is 4.74 Å². The predicted octanol–water partition coefficient (Wildman–Crippen LogP) is 1.72. The number of likely N-dealkylation sites (tertiary alicyclic amines) is 1. The lowest BCUT2D eigenvalue weighted by Gasteiger charge is -2.44. The van der Waals surface area contributed by atoms with Crippen molar-refractivity contribution in [3.8, 4) is 0 Å². The number of aromatic amines is 1. The molecule has 1 aromatic heterocycles. The van der Waals surface area contributed by atoms with Gasteiger partial charge in [0, 0.05) is 43.5 Å². The molecule has 0 spiro atoms. The fraction of sp³-hybridized carbons (Fsp3) is 0.478. The number of H-pyrrole nitrogens is 1. The number of pyridine rings is 1. The summed E-state index contributed by atoms with van der Waals surface area (Å²) in [6.45, 7) is 5.05. The number of aliphatic hydroxyl groups is 1. The first kappa shape index (κ1) is 20.8. The number of amides is 1. The minimum atomic E-state index is -0.272. The van der Waals surface area contributed by atoms with Crippen LogP contribution in [0.3, 0.4) is 0 Å². The third kappa shape index (κ3) is 4.64. The van der Waals surface area contributed by atoms with E-state index in [1.165, 1.54) is 6.07 Å². The number of carbonyl (C=O) groups excluding carboxylic acids is 1. The van der Waals surface area contributed by atoms with Crippen molar-refractivity contribution in [1.29, 1.82) is 0 Å². The second-order valence-corrected chi connectivity index (χ2v) is 8.21. The van der Waals surface area contributed by atoms with Gasteiger partial charge in [-0.1, -0.05) is 30.3 Å². The van der Waals surface area contributed by atoms with E-state index in [9.17, 15) is 14.7 Å². The molecular weight excluding hydrogens is 382 g/mol. The van der Waals surface area contributed by atoms with Crippen LogP contribution in [0.4, 0.5) is 0 Å². The van der Waals surface area contributed by atoms with Crippen molar-refractivity contribution in [1.82, 2.24) is 14.8 Å². The first-order chi connectivity index (χ1) is 14.5. The molecule has 0 bridgehead atoms. The van der Waals surface area contributed by atoms with Crippen molar-refractivity contribution in [2.75, 3.05) is 32.8 Å². The minimum Gasteiger partial charge on any atom is -0.393 e. The molecule has 7 heteroatoms. The van der Waals surface area contributed by atoms with Gasteiger partial charge in [0.2, 0.25) is 5.56 Å². The molecule has 0 saturated carbocycles. The normalized spacial score (nSPS) is 23.5. The third-order valence-electron chi connectivity index (χ3n) is 5.98. The predicted molar refractivity (Wildman–Crippen MR) is 113 cm³/mol. The van der Waals surface area contributed by atoms with Gasteiger partial charge in [0.1, 0.15) is 0 Å². The van der Waals surface area contributed by atoms with Crippen LogP contribution < -0.4 is 5.56 Å². The molecule has 0 unspecified atom stereocenters. The lowest BCUT2D eigenvalue weighted by atomic mass is 9.95. The number of rotatable bonds is 4. The lowest BCUT2D eigenvalue weighted by Crippen LogP contribution is -2.53. The highest BCUT2D eigenvalue weighted by molar-refractivity contribution is 5.94. The number of ether oxygens (including phenoxy) is 1. The van der Waals surface area contributed by atoms with Crippen LogP contribution in [0.2, 0.25) is 0 Å². The van der Waals surface area contributed by atoms with Crippen molar-refractivity contribution in [2.45, 2.75) is 38.0 Å². The molecule has 1 aromatic carbocycles. The van der Waals surface area contributed by atoms with Gasteiger partial charge in [-0.05, 0) is 31.4 Å². The third-order valence-corrected chi connectivity index (χ3v) is 5.98. The number of aliphatic hydroxyl groups excluding tert-OH is 1. The van der Waals surface area contributed by atoms with Crippen LogP contribution in [0, 0.1) is 6.92 Å². The second kappa shape index (κ2) is 9.12. The molecule has 2 aromatic rings. The molecule has 2 atom stereocenters. The van der Waals surface area contributed by atoms with E-state index < -0.39 is 0 Å². The van der Waals surface area contributed by atoms with Gasteiger partial charge < -0.3 is 24.6 Å². The quantitative estimate of drug-likeness (QED) is 0.800. The highest BCUT2D eigenvalue weighted by Crippen LogP contribution is 2.32. The number of aryl methyl sites for hydroxylation is 1. The SMILES string of the molecule is Cc1cc(C(=O)N2CCO[C@@H](CN3CCC(O)CC3)[C@@H]2c2ccccc2)cc(=O)[nH]1. The molecule has 2 aliphatic rings. The average molecular weight is 412 g/mol. The Kier molecular flexibility index (Phi) is 6.32. The largest absolute Gasteiger partial charge is 0.393 e. The van der Waals surface area contributed by atoms with E-state index in [2.05, 4.69) is 9.88 Å². The maximum Gasteiger partial charge on any atom is 0.254 e. The summed E-state index contributed by atoms with van der Waals surface area (Å²) >= 11 is 0. The van der Waals surface area contributed by atoms with Crippen LogP contribution in [0.15, 0.2) is 47.3 Å². The van der Waals surface area contributed by atoms with E-state index in [0.29, 0.717) is 31.0 Å². The fourth-order valence-electron chi connectivity index (χ4n) is 4.49. The Balaban J connectivity index is 1.62. The van der Waals surface area contributed by atoms with Gasteiger partial charge in [-0.2, -0.15) is 0 Å². The number of hydrogen-bond donors (Lipinski definition) is 2. The van der Waals surface area contributed by atoms with Gasteiger partial charge in [0.15, 0.2) is 0 Å². The number of nitrogens with zero attached hydrogens (tertiary/aromatic N) is 2. The van der Waals surface area contributed by atoms with Crippen molar-refractivity contribution < 1.29 is 14.6 Å². The fourth-order valence-corrected chi connectivity index (χ4v) is 4.49. The Morgan fingerprint density at radius 2 is 1.90 bits per heavy atom. The molecule has 1 amide bonds. The highest BCUT2D eigenvalue weighted by atomic mass is 16.5. The molecular formula is C23H29N3O4. The number of morpholine rings is 1. The number of carbonyl (C=O) groups is 1. The van der Waals surface area contributed by atoms with Crippen LogP contribution in [-0.2, 0) is 4.74 Å². The van der Waals surface area contributed by atoms with Gasteiger partial charge in [0.25, 0.3) is 5.91 Å². The summed E-state index contributed by atoms with van der Waals surface area (Å²) < 4.78 is 6.17. The molecule has 30 heavy (non-hydrogen) atoms. The van der Waals surface area contributed by atoms with E-state index >= 15 is 0 Å². The molecule has 7 nitrogen and oxygen atoms in total. The maximum atomic E-state index is 13.4. The van der Waals surface area contributed by atoms with Crippen molar-refractivity contribution >= 4 is 5.91 Å². The Hall–Kier alpha value is -2.48. The summed E-state index contributed by atoms with van der Waals surface area (Å²) in [5.74, 6) is -0.152. The summed E-state index contributed by atoms with van der Waals surface area (Å²) in [5, 5.41) is 9.81. The molecule has 2 fully saturated rings. The van der Waals surface area contributed by atoms with Crippen LogP contribution >= 0.6 is 0 Å². The van der Waals surface area contributed by atoms with Crippen molar-refractivity contribution in [2.24, 2.45) is 0 Å². The molecule has 160 valence electrons. The molecule has 2 saturated heterocycles. The molecule has 3 heterocycles. The first-order valence-corrected chi connectivity index (χ1v) is 10.6. The average Bonchev–Trinajstić information content (AvgIpc) is 2.74. The van der Waals surface area contributed by atoms with E-state index in [-0.39, 0.29) is 29.7 Å². The molecule has 0 aliphatic carbocycles. The maximum absolute atomic E-state index is 13.4. The van der Waals surface area contributed by atoms with Crippen LogP contribution in [0.1, 0.15) is 40.5 Å². The molecule has 0 radical (unpaired) electrons. The second-order valence-electron chi connectivity index (χ2n) is 8.21. The minimum absolute atomic E-state index is 0.152. The van der Waals surface area contributed by atoms with E-state index in [1.54, 1.807) is 13.0 Å². The molecule has 2 N–H and O–H groups in total. The van der Waals surface area contributed by atoms with Crippen LogP contribution in [0.25, 0.3) is 0 Å². The molecule has 2 aliphatic heterocycles. The zero-order valence-corrected chi connectivity index (χ0v) is 17.3. The summed E-state index contributed by atoms with van der Waals surface area (Å²) in [6.07, 6.45) is 1.12. The molecule has 4 rings (SSSR count). The highest BCUT2D eigenvalue weighted by Gasteiger charge is 2.38. The first-order valence-electron chi connectivity index (χ1n) is 10.6. The zero-order valence-electron chi connectivity index (χ0n) is 17.3. The summed E-state index contributed by atoms with van der Waals surface area (Å²) in [5.41, 5.74) is 1.82. The number of piperidine rings is 1. The van der Waals surface area contributed by atoms with E-state index in [0.717, 1.165) is 31.5 Å². The smallest absolute Gasteiger partial charge is 0.254 e. The number of aromatic nitrogens is 1. The van der Waals surface area contributed by atoms with Crippen molar-refractivity contribution in [3.63, 3.8) is 0 Å². The van der Waals surface area contributed by atoms with Gasteiger partial charge >= 0.3 is 0 Å². The summed E-state index contributed by atoms with van der Waals surface area (Å²) in [7, 11) is 0. The Morgan fingerprint density at radius 1 is 1.17 bits per heavy atom. The number of hydrogen-bond acceptors (Lipinski definition) is 5. The monoisotopic (exact) mass is 411 g/mol. The summed E-state index contributed by atoms with van der Waals surface area (Å²) in [4.78, 5) is 32.2. The zero-order chi connectivity index (χ0) is 21.1. The van der Waals surface area contributed by atoms with E-state index in [1.807, 2.05) is 35.2 Å². The Morgan fingerprint density at radius 3 is 2.60 bits per heavy atom. The van der Waals surface area contributed by atoms with Crippen molar-refractivity contribution in [3.05, 3.63) is 69.6 Å². The Bertz CT molecular complexity index is 922. The topological polar surface area (TPSA) is 85.9 Å². The van der Waals surface area contributed by atoms with Crippen LogP contribution in [0.5, 0.6) is 0 Å². The van der Waals surface area contributed by atoms with Gasteiger partial charge in [-0.15, -0.1) is 0 Å².